The third kappa shape index (κ3) is 5.61. The number of hydrogen-bond acceptors (Lipinski definition) is 4. The molecule has 23 heavy (non-hydrogen) atoms. The van der Waals surface area contributed by atoms with Gasteiger partial charge >= 0.3 is 6.18 Å². The molecular formula is C13H17F3IN3O3. The molecule has 1 atom stereocenters. The highest BCUT2D eigenvalue weighted by Gasteiger charge is 2.37. The molecule has 3 N–H and O–H groups in total. The average molecular weight is 447 g/mol. The minimum Gasteiger partial charge on any atom is -0.454 e. The van der Waals surface area contributed by atoms with E-state index >= 15 is 0 Å². The van der Waals surface area contributed by atoms with E-state index in [1.165, 1.54) is 7.05 Å². The fraction of sp³-hybridized carbons (Fsp3) is 0.462. The molecular weight excluding hydrogens is 430 g/mol. The Labute approximate surface area is 148 Å². The Kier molecular flexibility index (Phi) is 7.19. The molecule has 0 aromatic heterocycles. The number of fused-ring (bicyclic) bond motifs is 1. The first-order chi connectivity index (χ1) is 10.4. The molecule has 0 bridgehead atoms. The number of ether oxygens (including phenoxy) is 2. The van der Waals surface area contributed by atoms with Crippen LogP contribution in [0.5, 0.6) is 11.5 Å². The highest BCUT2D eigenvalue weighted by Crippen LogP contribution is 2.32. The van der Waals surface area contributed by atoms with E-state index < -0.39 is 18.8 Å². The molecule has 10 heteroatoms. The first kappa shape index (κ1) is 19.6. The number of aliphatic hydroxyl groups is 1. The van der Waals surface area contributed by atoms with E-state index in [1.54, 1.807) is 18.2 Å². The summed E-state index contributed by atoms with van der Waals surface area (Å²) >= 11 is 0. The summed E-state index contributed by atoms with van der Waals surface area (Å²) < 4.78 is 47.0. The Balaban J connectivity index is 0.00000264. The van der Waals surface area contributed by atoms with Gasteiger partial charge in [-0.25, -0.2) is 0 Å². The van der Waals surface area contributed by atoms with Crippen LogP contribution in [-0.4, -0.2) is 43.7 Å². The van der Waals surface area contributed by atoms with Crippen LogP contribution in [0.1, 0.15) is 5.56 Å². The number of rotatable bonds is 4. The first-order valence-electron chi connectivity index (χ1n) is 6.48. The number of nitrogens with zero attached hydrogens (tertiary/aromatic N) is 1. The smallest absolute Gasteiger partial charge is 0.416 e. The van der Waals surface area contributed by atoms with Crippen molar-refractivity contribution in [3.63, 3.8) is 0 Å². The lowest BCUT2D eigenvalue weighted by molar-refractivity contribution is -0.201. The van der Waals surface area contributed by atoms with Crippen LogP contribution >= 0.6 is 24.0 Å². The summed E-state index contributed by atoms with van der Waals surface area (Å²) in [6.07, 6.45) is -7.11. The summed E-state index contributed by atoms with van der Waals surface area (Å²) in [5.41, 5.74) is 0.851. The first-order valence-corrected chi connectivity index (χ1v) is 6.48. The Morgan fingerprint density at radius 1 is 1.30 bits per heavy atom. The number of nitrogens with one attached hydrogen (secondary N) is 2. The largest absolute Gasteiger partial charge is 0.454 e. The molecule has 0 amide bonds. The van der Waals surface area contributed by atoms with Crippen molar-refractivity contribution in [1.82, 2.24) is 10.6 Å². The lowest BCUT2D eigenvalue weighted by atomic mass is 10.2. The molecule has 0 saturated carbocycles. The van der Waals surface area contributed by atoms with Crippen LogP contribution in [-0.2, 0) is 6.54 Å². The Morgan fingerprint density at radius 3 is 2.65 bits per heavy atom. The van der Waals surface area contributed by atoms with Crippen LogP contribution in [0.2, 0.25) is 0 Å². The third-order valence-electron chi connectivity index (χ3n) is 2.96. The molecule has 1 aromatic carbocycles. The predicted octanol–water partition coefficient (Wildman–Crippen LogP) is 1.62. The second-order valence-corrected chi connectivity index (χ2v) is 4.55. The van der Waals surface area contributed by atoms with Crippen molar-refractivity contribution in [2.24, 2.45) is 4.99 Å². The summed E-state index contributed by atoms with van der Waals surface area (Å²) in [6.45, 7) is -0.173. The van der Waals surface area contributed by atoms with Gasteiger partial charge in [0.15, 0.2) is 23.6 Å². The third-order valence-corrected chi connectivity index (χ3v) is 2.96. The number of aliphatic hydroxyl groups excluding tert-OH is 1. The van der Waals surface area contributed by atoms with Gasteiger partial charge in [-0.05, 0) is 17.7 Å². The lowest BCUT2D eigenvalue weighted by Gasteiger charge is -2.17. The number of aliphatic imine (C=N–C) groups is 1. The second kappa shape index (κ2) is 8.43. The van der Waals surface area contributed by atoms with E-state index in [4.69, 9.17) is 14.6 Å². The number of alkyl halides is 3. The van der Waals surface area contributed by atoms with Crippen LogP contribution < -0.4 is 20.1 Å². The minimum absolute atomic E-state index is 0. The van der Waals surface area contributed by atoms with Crippen molar-refractivity contribution >= 4 is 29.9 Å². The molecule has 1 unspecified atom stereocenters. The fourth-order valence-corrected chi connectivity index (χ4v) is 1.77. The van der Waals surface area contributed by atoms with Crippen LogP contribution in [0.3, 0.4) is 0 Å². The van der Waals surface area contributed by atoms with E-state index in [9.17, 15) is 13.2 Å². The molecule has 1 aliphatic rings. The topological polar surface area (TPSA) is 75.1 Å². The molecule has 1 aromatic rings. The van der Waals surface area contributed by atoms with E-state index in [0.29, 0.717) is 18.0 Å². The van der Waals surface area contributed by atoms with Crippen LogP contribution in [0, 0.1) is 0 Å². The fourth-order valence-electron chi connectivity index (χ4n) is 1.77. The van der Waals surface area contributed by atoms with E-state index in [-0.39, 0.29) is 36.7 Å². The van der Waals surface area contributed by atoms with Gasteiger partial charge in [0.2, 0.25) is 6.79 Å². The van der Waals surface area contributed by atoms with E-state index in [0.717, 1.165) is 5.56 Å². The SMILES string of the molecule is CN=C(NCc1ccc2c(c1)OCO2)NCC(O)C(F)(F)F.I. The Morgan fingerprint density at radius 2 is 2.00 bits per heavy atom. The van der Waals surface area contributed by atoms with Crippen molar-refractivity contribution in [3.8, 4) is 11.5 Å². The molecule has 0 fully saturated rings. The lowest BCUT2D eigenvalue weighted by Crippen LogP contribution is -2.45. The molecule has 0 aliphatic carbocycles. The summed E-state index contributed by atoms with van der Waals surface area (Å²) in [5, 5.41) is 14.2. The van der Waals surface area contributed by atoms with Gasteiger partial charge in [0.25, 0.3) is 0 Å². The molecule has 1 aliphatic heterocycles. The highest BCUT2D eigenvalue weighted by atomic mass is 127. The average Bonchev–Trinajstić information content (AvgIpc) is 2.93. The standard InChI is InChI=1S/C13H16F3N3O3.HI/c1-17-12(19-6-11(20)13(14,15)16)18-5-8-2-3-9-10(4-8)22-7-21-9;/h2-4,11,20H,5-7H2,1H3,(H2,17,18,19);1H. The van der Waals surface area contributed by atoms with E-state index in [2.05, 4.69) is 15.6 Å². The summed E-state index contributed by atoms with van der Waals surface area (Å²) in [5.74, 6) is 1.43. The van der Waals surface area contributed by atoms with Gasteiger partial charge in [-0.2, -0.15) is 13.2 Å². The molecule has 0 spiro atoms. The number of benzene rings is 1. The Hall–Kier alpha value is -1.43. The Bertz CT molecular complexity index is 555. The maximum Gasteiger partial charge on any atom is 0.416 e. The van der Waals surface area contributed by atoms with Gasteiger partial charge in [0, 0.05) is 13.6 Å². The minimum atomic E-state index is -4.66. The monoisotopic (exact) mass is 447 g/mol. The maximum atomic E-state index is 12.2. The number of hydrogen-bond donors (Lipinski definition) is 3. The molecule has 1 heterocycles. The van der Waals surface area contributed by atoms with Crippen LogP contribution in [0.15, 0.2) is 23.2 Å². The van der Waals surface area contributed by atoms with Gasteiger partial charge in [-0.15, -0.1) is 24.0 Å². The molecule has 130 valence electrons. The maximum absolute atomic E-state index is 12.2. The predicted molar refractivity (Wildman–Crippen MR) is 88.2 cm³/mol. The summed E-state index contributed by atoms with van der Waals surface area (Å²) in [7, 11) is 1.43. The second-order valence-electron chi connectivity index (χ2n) is 4.55. The highest BCUT2D eigenvalue weighted by molar-refractivity contribution is 14.0. The molecule has 0 radical (unpaired) electrons. The van der Waals surface area contributed by atoms with Gasteiger partial charge < -0.3 is 25.2 Å². The van der Waals surface area contributed by atoms with Gasteiger partial charge in [-0.1, -0.05) is 6.07 Å². The summed E-state index contributed by atoms with van der Waals surface area (Å²) in [4.78, 5) is 3.79. The molecule has 6 nitrogen and oxygen atoms in total. The zero-order chi connectivity index (χ0) is 16.2. The normalized spacial score (nSPS) is 14.9. The van der Waals surface area contributed by atoms with Crippen LogP contribution in [0.25, 0.3) is 0 Å². The van der Waals surface area contributed by atoms with Gasteiger partial charge in [0.05, 0.1) is 6.54 Å². The summed E-state index contributed by atoms with van der Waals surface area (Å²) in [6, 6.07) is 5.33. The zero-order valence-corrected chi connectivity index (χ0v) is 14.5. The number of guanidine groups is 1. The van der Waals surface area contributed by atoms with Crippen molar-refractivity contribution in [3.05, 3.63) is 23.8 Å². The molecule has 2 rings (SSSR count). The van der Waals surface area contributed by atoms with Crippen molar-refractivity contribution in [2.45, 2.75) is 18.8 Å². The molecule has 0 saturated heterocycles. The zero-order valence-electron chi connectivity index (χ0n) is 12.2. The van der Waals surface area contributed by atoms with Crippen molar-refractivity contribution < 1.29 is 27.8 Å². The van der Waals surface area contributed by atoms with Gasteiger partial charge in [-0.3, -0.25) is 4.99 Å². The quantitative estimate of drug-likeness (QED) is 0.372. The van der Waals surface area contributed by atoms with E-state index in [1.807, 2.05) is 0 Å². The van der Waals surface area contributed by atoms with Gasteiger partial charge in [0.1, 0.15) is 0 Å². The van der Waals surface area contributed by atoms with Crippen molar-refractivity contribution in [2.75, 3.05) is 20.4 Å². The van der Waals surface area contributed by atoms with Crippen molar-refractivity contribution in [1.29, 1.82) is 0 Å². The van der Waals surface area contributed by atoms with Crippen LogP contribution in [0.4, 0.5) is 13.2 Å². The number of halogens is 4.